The molecule has 1 aliphatic carbocycles. The Morgan fingerprint density at radius 2 is 1.83 bits per heavy atom. The average molecular weight is 468 g/mol. The summed E-state index contributed by atoms with van der Waals surface area (Å²) in [5.41, 5.74) is 4.12. The van der Waals surface area contributed by atoms with Crippen LogP contribution in [0.1, 0.15) is 38.4 Å². The van der Waals surface area contributed by atoms with Crippen LogP contribution in [0.15, 0.2) is 79.3 Å². The minimum Gasteiger partial charge on any atom is -0.457 e. The second-order valence-corrected chi connectivity index (χ2v) is 8.41. The molecule has 0 bridgehead atoms. The van der Waals surface area contributed by atoms with E-state index in [1.165, 1.54) is 5.56 Å². The van der Waals surface area contributed by atoms with Crippen LogP contribution in [0, 0.1) is 0 Å². The Kier molecular flexibility index (Phi) is 6.26. The Hall–Kier alpha value is -4.46. The lowest BCUT2D eigenvalue weighted by Crippen LogP contribution is -2.38. The number of fused-ring (bicyclic) bond motifs is 1. The average Bonchev–Trinajstić information content (AvgIpc) is 3.39. The number of amides is 2. The molecule has 2 aromatic heterocycles. The van der Waals surface area contributed by atoms with Gasteiger partial charge in [-0.25, -0.2) is 4.68 Å². The number of hydrogen-bond donors (Lipinski definition) is 2. The van der Waals surface area contributed by atoms with Crippen molar-refractivity contribution in [2.45, 2.75) is 25.3 Å². The first-order valence-electron chi connectivity index (χ1n) is 11.5. The van der Waals surface area contributed by atoms with E-state index in [-0.39, 0.29) is 17.9 Å². The maximum Gasteiger partial charge on any atom is 0.269 e. The number of nitrogens with zero attached hydrogens (tertiary/aromatic N) is 3. The number of para-hydroxylation sites is 1. The fraction of sp³-hybridized carbons (Fsp3) is 0.185. The van der Waals surface area contributed by atoms with Crippen molar-refractivity contribution >= 4 is 11.8 Å². The lowest BCUT2D eigenvalue weighted by Gasteiger charge is -2.26. The van der Waals surface area contributed by atoms with Gasteiger partial charge in [-0.3, -0.25) is 14.6 Å². The van der Waals surface area contributed by atoms with E-state index in [0.29, 0.717) is 29.2 Å². The molecular formula is C27H25N5O3. The van der Waals surface area contributed by atoms with Gasteiger partial charge in [0, 0.05) is 31.5 Å². The first-order chi connectivity index (χ1) is 17.1. The second kappa shape index (κ2) is 9.80. The number of aryl methyl sites for hydroxylation is 1. The van der Waals surface area contributed by atoms with Crippen molar-refractivity contribution < 1.29 is 14.3 Å². The van der Waals surface area contributed by atoms with Gasteiger partial charge < -0.3 is 15.4 Å². The standard InChI is InChI=1S/C27H25N5O3/c1-28-27(34)25-15-24(11-12-29-25)35-23-10-8-18-7-9-21(13-19(18)14-23)31-26(33)20-16-30-32(17-20)22-5-3-2-4-6-22/h2-6,8,10-12,14-17,21H,7,9,13H2,1H3,(H,28,34)(H,31,33). The summed E-state index contributed by atoms with van der Waals surface area (Å²) in [5.74, 6) is 0.809. The topological polar surface area (TPSA) is 98.1 Å². The minimum absolute atomic E-state index is 0.0195. The Balaban J connectivity index is 1.25. The van der Waals surface area contributed by atoms with E-state index in [1.807, 2.05) is 42.5 Å². The van der Waals surface area contributed by atoms with Gasteiger partial charge in [0.1, 0.15) is 17.2 Å². The van der Waals surface area contributed by atoms with Crippen LogP contribution in [0.4, 0.5) is 0 Å². The molecule has 0 aliphatic heterocycles. The van der Waals surface area contributed by atoms with Crippen LogP contribution in [0.3, 0.4) is 0 Å². The monoisotopic (exact) mass is 467 g/mol. The Morgan fingerprint density at radius 3 is 2.66 bits per heavy atom. The van der Waals surface area contributed by atoms with Gasteiger partial charge in [0.05, 0.1) is 17.4 Å². The number of benzene rings is 2. The van der Waals surface area contributed by atoms with Crippen LogP contribution in [0.2, 0.25) is 0 Å². The zero-order valence-electron chi connectivity index (χ0n) is 19.3. The summed E-state index contributed by atoms with van der Waals surface area (Å²) < 4.78 is 7.69. The SMILES string of the molecule is CNC(=O)c1cc(Oc2ccc3c(c2)CC(NC(=O)c2cnn(-c4ccccc4)c2)CC3)ccn1. The highest BCUT2D eigenvalue weighted by molar-refractivity contribution is 5.94. The number of nitrogens with one attached hydrogen (secondary N) is 2. The molecule has 5 rings (SSSR count). The summed E-state index contributed by atoms with van der Waals surface area (Å²) in [6, 6.07) is 19.0. The molecule has 1 aliphatic rings. The predicted molar refractivity (Wildman–Crippen MR) is 131 cm³/mol. The molecule has 4 aromatic rings. The lowest BCUT2D eigenvalue weighted by molar-refractivity contribution is 0.0931. The number of hydrogen-bond acceptors (Lipinski definition) is 5. The third-order valence-corrected chi connectivity index (χ3v) is 6.03. The molecule has 0 spiro atoms. The van der Waals surface area contributed by atoms with Gasteiger partial charge in [-0.1, -0.05) is 24.3 Å². The molecule has 1 unspecified atom stereocenters. The summed E-state index contributed by atoms with van der Waals surface area (Å²) in [5, 5.41) is 10.0. The zero-order valence-corrected chi connectivity index (χ0v) is 19.3. The first-order valence-corrected chi connectivity index (χ1v) is 11.5. The minimum atomic E-state index is -0.270. The van der Waals surface area contributed by atoms with Gasteiger partial charge in [-0.15, -0.1) is 0 Å². The molecule has 2 heterocycles. The normalized spacial score (nSPS) is 14.6. The van der Waals surface area contributed by atoms with Crippen molar-refractivity contribution in [2.75, 3.05) is 7.05 Å². The summed E-state index contributed by atoms with van der Waals surface area (Å²) in [7, 11) is 1.56. The van der Waals surface area contributed by atoms with E-state index < -0.39 is 0 Å². The summed E-state index contributed by atoms with van der Waals surface area (Å²) in [6.07, 6.45) is 7.34. The highest BCUT2D eigenvalue weighted by atomic mass is 16.5. The van der Waals surface area contributed by atoms with Crippen LogP contribution in [-0.2, 0) is 12.8 Å². The van der Waals surface area contributed by atoms with Crippen LogP contribution >= 0.6 is 0 Å². The van der Waals surface area contributed by atoms with Crippen molar-refractivity contribution in [1.29, 1.82) is 0 Å². The van der Waals surface area contributed by atoms with Crippen LogP contribution in [0.25, 0.3) is 5.69 Å². The first kappa shape index (κ1) is 22.3. The van der Waals surface area contributed by atoms with Crippen molar-refractivity contribution in [3.63, 3.8) is 0 Å². The van der Waals surface area contributed by atoms with Crippen molar-refractivity contribution in [3.05, 3.63) is 102 Å². The van der Waals surface area contributed by atoms with Crippen LogP contribution < -0.4 is 15.4 Å². The second-order valence-electron chi connectivity index (χ2n) is 8.41. The van der Waals surface area contributed by atoms with E-state index in [1.54, 1.807) is 42.5 Å². The van der Waals surface area contributed by atoms with Gasteiger partial charge in [-0.2, -0.15) is 5.10 Å². The molecule has 0 fully saturated rings. The Bertz CT molecular complexity index is 1370. The maximum atomic E-state index is 12.9. The number of pyridine rings is 1. The molecular weight excluding hydrogens is 442 g/mol. The Labute approximate surface area is 203 Å². The van der Waals surface area contributed by atoms with Gasteiger partial charge in [0.25, 0.3) is 11.8 Å². The number of ether oxygens (including phenoxy) is 1. The highest BCUT2D eigenvalue weighted by Crippen LogP contribution is 2.29. The molecule has 0 radical (unpaired) electrons. The molecule has 35 heavy (non-hydrogen) atoms. The number of carbonyl (C=O) groups excluding carboxylic acids is 2. The lowest BCUT2D eigenvalue weighted by atomic mass is 9.88. The van der Waals surface area contributed by atoms with E-state index in [2.05, 4.69) is 26.8 Å². The van der Waals surface area contributed by atoms with Gasteiger partial charge >= 0.3 is 0 Å². The molecule has 2 N–H and O–H groups in total. The van der Waals surface area contributed by atoms with Gasteiger partial charge in [-0.05, 0) is 60.7 Å². The van der Waals surface area contributed by atoms with Gasteiger partial charge in [0.2, 0.25) is 0 Å². The molecule has 0 saturated heterocycles. The van der Waals surface area contributed by atoms with Crippen molar-refractivity contribution in [3.8, 4) is 17.2 Å². The number of rotatable bonds is 6. The third kappa shape index (κ3) is 5.06. The summed E-state index contributed by atoms with van der Waals surface area (Å²) in [6.45, 7) is 0. The number of carbonyl (C=O) groups is 2. The molecule has 8 nitrogen and oxygen atoms in total. The van der Waals surface area contributed by atoms with Crippen LogP contribution in [0.5, 0.6) is 11.5 Å². The molecule has 176 valence electrons. The van der Waals surface area contributed by atoms with E-state index in [9.17, 15) is 9.59 Å². The Morgan fingerprint density at radius 1 is 1.00 bits per heavy atom. The predicted octanol–water partition coefficient (Wildman–Crippen LogP) is 3.71. The van der Waals surface area contributed by atoms with E-state index in [0.717, 1.165) is 24.1 Å². The van der Waals surface area contributed by atoms with E-state index >= 15 is 0 Å². The quantitative estimate of drug-likeness (QED) is 0.451. The summed E-state index contributed by atoms with van der Waals surface area (Å²) in [4.78, 5) is 28.8. The molecule has 2 aromatic carbocycles. The van der Waals surface area contributed by atoms with Crippen molar-refractivity contribution in [2.24, 2.45) is 0 Å². The fourth-order valence-corrected chi connectivity index (χ4v) is 4.21. The summed E-state index contributed by atoms with van der Waals surface area (Å²) >= 11 is 0. The fourth-order valence-electron chi connectivity index (χ4n) is 4.21. The molecule has 2 amide bonds. The molecule has 0 saturated carbocycles. The van der Waals surface area contributed by atoms with Gasteiger partial charge in [0.15, 0.2) is 0 Å². The third-order valence-electron chi connectivity index (χ3n) is 6.03. The molecule has 1 atom stereocenters. The van der Waals surface area contributed by atoms with E-state index in [4.69, 9.17) is 4.74 Å². The van der Waals surface area contributed by atoms with Crippen molar-refractivity contribution in [1.82, 2.24) is 25.4 Å². The smallest absolute Gasteiger partial charge is 0.269 e. The maximum absolute atomic E-state index is 12.9. The highest BCUT2D eigenvalue weighted by Gasteiger charge is 2.22. The number of aromatic nitrogens is 3. The molecule has 8 heteroatoms. The largest absolute Gasteiger partial charge is 0.457 e. The van der Waals surface area contributed by atoms with Crippen LogP contribution in [-0.4, -0.2) is 39.7 Å². The zero-order chi connectivity index (χ0) is 24.2.